The standard InChI is InChI=1S/C13H15N3O3/c1-16-9-11(8-15-16)14-5-6-19-12-4-2-3-10(7-12)13(17)18/h2-4,7-9,14H,5-6H2,1H3,(H,17,18). The van der Waals surface area contributed by atoms with Gasteiger partial charge in [-0.15, -0.1) is 0 Å². The van der Waals surface area contributed by atoms with E-state index in [0.717, 1.165) is 5.69 Å². The lowest BCUT2D eigenvalue weighted by molar-refractivity contribution is 0.0696. The molecule has 1 aromatic carbocycles. The molecular formula is C13H15N3O3. The molecule has 0 fully saturated rings. The maximum atomic E-state index is 10.8. The van der Waals surface area contributed by atoms with Crippen molar-refractivity contribution < 1.29 is 14.6 Å². The van der Waals surface area contributed by atoms with Crippen LogP contribution in [-0.2, 0) is 7.05 Å². The number of anilines is 1. The zero-order valence-electron chi connectivity index (χ0n) is 10.5. The molecule has 0 atom stereocenters. The summed E-state index contributed by atoms with van der Waals surface area (Å²) in [6.45, 7) is 1.06. The third kappa shape index (κ3) is 3.74. The number of nitrogens with zero attached hydrogens (tertiary/aromatic N) is 2. The molecule has 0 aliphatic heterocycles. The molecule has 6 heteroatoms. The Labute approximate surface area is 110 Å². The topological polar surface area (TPSA) is 76.4 Å². The van der Waals surface area contributed by atoms with Crippen LogP contribution in [0.5, 0.6) is 5.75 Å². The second-order valence-corrected chi connectivity index (χ2v) is 4.01. The molecule has 0 spiro atoms. The molecule has 2 N–H and O–H groups in total. The van der Waals surface area contributed by atoms with Crippen LogP contribution >= 0.6 is 0 Å². The Bertz CT molecular complexity index is 566. The molecule has 1 aromatic heterocycles. The summed E-state index contributed by atoms with van der Waals surface area (Å²) in [6.07, 6.45) is 3.59. The fraction of sp³-hybridized carbons (Fsp3) is 0.231. The van der Waals surface area contributed by atoms with Gasteiger partial charge in [-0.05, 0) is 18.2 Å². The van der Waals surface area contributed by atoms with E-state index in [1.54, 1.807) is 23.0 Å². The first-order valence-electron chi connectivity index (χ1n) is 5.84. The van der Waals surface area contributed by atoms with Crippen LogP contribution in [0.4, 0.5) is 5.69 Å². The van der Waals surface area contributed by atoms with E-state index in [1.807, 2.05) is 13.2 Å². The highest BCUT2D eigenvalue weighted by atomic mass is 16.5. The number of ether oxygens (including phenoxy) is 1. The minimum atomic E-state index is -0.959. The second kappa shape index (κ2) is 5.90. The molecule has 0 unspecified atom stereocenters. The number of nitrogens with one attached hydrogen (secondary N) is 1. The summed E-state index contributed by atoms with van der Waals surface area (Å²) in [5, 5.41) is 16.0. The lowest BCUT2D eigenvalue weighted by atomic mass is 10.2. The van der Waals surface area contributed by atoms with Gasteiger partial charge in [0.2, 0.25) is 0 Å². The number of hydrogen-bond acceptors (Lipinski definition) is 4. The van der Waals surface area contributed by atoms with Crippen LogP contribution in [0.3, 0.4) is 0 Å². The second-order valence-electron chi connectivity index (χ2n) is 4.01. The molecule has 0 saturated carbocycles. The average Bonchev–Trinajstić information content (AvgIpc) is 2.81. The summed E-state index contributed by atoms with van der Waals surface area (Å²) in [7, 11) is 1.85. The van der Waals surface area contributed by atoms with E-state index < -0.39 is 5.97 Å². The summed E-state index contributed by atoms with van der Waals surface area (Å²) >= 11 is 0. The van der Waals surface area contributed by atoms with Gasteiger partial charge in [-0.25, -0.2) is 4.79 Å². The number of aromatic carboxylic acids is 1. The summed E-state index contributed by atoms with van der Waals surface area (Å²) in [5.41, 5.74) is 1.14. The Morgan fingerprint density at radius 3 is 3.05 bits per heavy atom. The number of rotatable bonds is 6. The molecule has 6 nitrogen and oxygen atoms in total. The van der Waals surface area contributed by atoms with Crippen molar-refractivity contribution in [3.63, 3.8) is 0 Å². The number of carboxylic acid groups (broad SMARTS) is 1. The largest absolute Gasteiger partial charge is 0.492 e. The Balaban J connectivity index is 1.79. The Kier molecular flexibility index (Phi) is 4.02. The van der Waals surface area contributed by atoms with Crippen molar-refractivity contribution in [1.82, 2.24) is 9.78 Å². The summed E-state index contributed by atoms with van der Waals surface area (Å²) in [5.74, 6) is -0.410. The van der Waals surface area contributed by atoms with E-state index in [2.05, 4.69) is 10.4 Å². The number of hydrogen-bond donors (Lipinski definition) is 2. The first kappa shape index (κ1) is 12.9. The fourth-order valence-corrected chi connectivity index (χ4v) is 1.60. The van der Waals surface area contributed by atoms with Crippen LogP contribution in [-0.4, -0.2) is 34.0 Å². The first-order chi connectivity index (χ1) is 9.15. The smallest absolute Gasteiger partial charge is 0.335 e. The Morgan fingerprint density at radius 2 is 2.37 bits per heavy atom. The fourth-order valence-electron chi connectivity index (χ4n) is 1.60. The number of benzene rings is 1. The molecule has 0 amide bonds. The zero-order valence-corrected chi connectivity index (χ0v) is 10.5. The molecule has 0 bridgehead atoms. The Morgan fingerprint density at radius 1 is 1.53 bits per heavy atom. The molecule has 1 heterocycles. The monoisotopic (exact) mass is 261 g/mol. The normalized spacial score (nSPS) is 10.2. The van der Waals surface area contributed by atoms with Gasteiger partial charge in [0.1, 0.15) is 12.4 Å². The van der Waals surface area contributed by atoms with Crippen molar-refractivity contribution in [3.8, 4) is 5.75 Å². The van der Waals surface area contributed by atoms with Gasteiger partial charge in [0.05, 0.1) is 17.4 Å². The van der Waals surface area contributed by atoms with Crippen LogP contribution < -0.4 is 10.1 Å². The summed E-state index contributed by atoms with van der Waals surface area (Å²) in [4.78, 5) is 10.8. The van der Waals surface area contributed by atoms with E-state index >= 15 is 0 Å². The molecular weight excluding hydrogens is 246 g/mol. The minimum absolute atomic E-state index is 0.220. The molecule has 2 aromatic rings. The molecule has 19 heavy (non-hydrogen) atoms. The van der Waals surface area contributed by atoms with Crippen molar-refractivity contribution >= 4 is 11.7 Å². The highest BCUT2D eigenvalue weighted by molar-refractivity contribution is 5.87. The molecule has 0 radical (unpaired) electrons. The van der Waals surface area contributed by atoms with E-state index in [0.29, 0.717) is 18.9 Å². The van der Waals surface area contributed by atoms with Gasteiger partial charge in [-0.2, -0.15) is 5.10 Å². The maximum Gasteiger partial charge on any atom is 0.335 e. The van der Waals surface area contributed by atoms with Crippen LogP contribution in [0, 0.1) is 0 Å². The van der Waals surface area contributed by atoms with Gasteiger partial charge in [-0.1, -0.05) is 6.07 Å². The van der Waals surface area contributed by atoms with Gasteiger partial charge in [0.25, 0.3) is 0 Å². The predicted molar refractivity (Wildman–Crippen MR) is 70.6 cm³/mol. The minimum Gasteiger partial charge on any atom is -0.492 e. The molecule has 0 saturated heterocycles. The van der Waals surface area contributed by atoms with E-state index in [-0.39, 0.29) is 5.56 Å². The maximum absolute atomic E-state index is 10.8. The van der Waals surface area contributed by atoms with E-state index in [9.17, 15) is 4.79 Å². The average molecular weight is 261 g/mol. The quantitative estimate of drug-likeness (QED) is 0.772. The van der Waals surface area contributed by atoms with Gasteiger partial charge in [-0.3, -0.25) is 4.68 Å². The van der Waals surface area contributed by atoms with Gasteiger partial charge >= 0.3 is 5.97 Å². The number of carboxylic acids is 1. The van der Waals surface area contributed by atoms with E-state index in [4.69, 9.17) is 9.84 Å². The SMILES string of the molecule is Cn1cc(NCCOc2cccc(C(=O)O)c2)cn1. The first-order valence-corrected chi connectivity index (χ1v) is 5.84. The summed E-state index contributed by atoms with van der Waals surface area (Å²) < 4.78 is 7.18. The van der Waals surface area contributed by atoms with Crippen LogP contribution in [0.15, 0.2) is 36.7 Å². The lowest BCUT2D eigenvalue weighted by Crippen LogP contribution is -2.11. The van der Waals surface area contributed by atoms with Gasteiger partial charge in [0, 0.05) is 19.8 Å². The molecule has 2 rings (SSSR count). The van der Waals surface area contributed by atoms with Crippen LogP contribution in [0.25, 0.3) is 0 Å². The molecule has 0 aliphatic carbocycles. The van der Waals surface area contributed by atoms with Crippen LogP contribution in [0.1, 0.15) is 10.4 Å². The number of carbonyl (C=O) groups is 1. The summed E-state index contributed by atoms with van der Waals surface area (Å²) in [6, 6.07) is 6.43. The number of aromatic nitrogens is 2. The molecule has 0 aliphatic rings. The van der Waals surface area contributed by atoms with Crippen molar-refractivity contribution in [2.75, 3.05) is 18.5 Å². The molecule has 100 valence electrons. The van der Waals surface area contributed by atoms with Crippen LogP contribution in [0.2, 0.25) is 0 Å². The Hall–Kier alpha value is -2.50. The van der Waals surface area contributed by atoms with E-state index in [1.165, 1.54) is 12.1 Å². The highest BCUT2D eigenvalue weighted by Gasteiger charge is 2.03. The van der Waals surface area contributed by atoms with Crippen molar-refractivity contribution in [1.29, 1.82) is 0 Å². The third-order valence-corrected chi connectivity index (χ3v) is 2.49. The van der Waals surface area contributed by atoms with Crippen molar-refractivity contribution in [2.45, 2.75) is 0 Å². The highest BCUT2D eigenvalue weighted by Crippen LogP contribution is 2.13. The van der Waals surface area contributed by atoms with Gasteiger partial charge in [0.15, 0.2) is 0 Å². The third-order valence-electron chi connectivity index (χ3n) is 2.49. The predicted octanol–water partition coefficient (Wildman–Crippen LogP) is 1.61. The number of aryl methyl sites for hydroxylation is 1. The zero-order chi connectivity index (χ0) is 13.7. The van der Waals surface area contributed by atoms with Crippen molar-refractivity contribution in [3.05, 3.63) is 42.2 Å². The lowest BCUT2D eigenvalue weighted by Gasteiger charge is -2.07. The van der Waals surface area contributed by atoms with Crippen molar-refractivity contribution in [2.24, 2.45) is 7.05 Å². The van der Waals surface area contributed by atoms with Gasteiger partial charge < -0.3 is 15.2 Å².